The van der Waals surface area contributed by atoms with Gasteiger partial charge in [-0.05, 0) is 44.1 Å². The molecule has 0 aromatic rings. The maximum absolute atomic E-state index is 12.5. The Labute approximate surface area is 133 Å². The molecule has 0 heterocycles. The number of carbonyl (C=O) groups excluding carboxylic acids is 2. The molecule has 0 aliphatic heterocycles. The van der Waals surface area contributed by atoms with Crippen LogP contribution in [0.25, 0.3) is 0 Å². The highest BCUT2D eigenvalue weighted by Gasteiger charge is 2.63. The van der Waals surface area contributed by atoms with Crippen LogP contribution >= 0.6 is 0 Å². The summed E-state index contributed by atoms with van der Waals surface area (Å²) in [7, 11) is 0. The number of hydrogen-bond donors (Lipinski definition) is 0. The fraction of sp³-hybridized carbons (Fsp3) is 0.579. The van der Waals surface area contributed by atoms with E-state index in [2.05, 4.69) is 33.4 Å². The van der Waals surface area contributed by atoms with Crippen LogP contribution in [-0.4, -0.2) is 17.9 Å². The number of esters is 1. The van der Waals surface area contributed by atoms with E-state index in [4.69, 9.17) is 4.74 Å². The second-order valence-corrected chi connectivity index (χ2v) is 7.02. The van der Waals surface area contributed by atoms with Crippen molar-refractivity contribution >= 4 is 11.8 Å². The summed E-state index contributed by atoms with van der Waals surface area (Å²) in [5.41, 5.74) is 2.81. The van der Waals surface area contributed by atoms with Gasteiger partial charge >= 0.3 is 5.97 Å². The number of hydrogen-bond acceptors (Lipinski definition) is 3. The number of Topliss-reactive ketones (excluding diaryl/α,β-unsaturated/α-hetero) is 1. The minimum atomic E-state index is -0.391. The monoisotopic (exact) mass is 302 g/mol. The Morgan fingerprint density at radius 1 is 1.41 bits per heavy atom. The molecule has 3 atom stereocenters. The largest absolute Gasteiger partial charge is 0.457 e. The van der Waals surface area contributed by atoms with Gasteiger partial charge in [0.25, 0.3) is 0 Å². The van der Waals surface area contributed by atoms with Gasteiger partial charge in [-0.1, -0.05) is 31.6 Å². The fourth-order valence-electron chi connectivity index (χ4n) is 3.73. The van der Waals surface area contributed by atoms with Gasteiger partial charge < -0.3 is 4.74 Å². The van der Waals surface area contributed by atoms with Crippen LogP contribution < -0.4 is 0 Å². The topological polar surface area (TPSA) is 43.4 Å². The van der Waals surface area contributed by atoms with Crippen molar-refractivity contribution in [2.24, 2.45) is 17.3 Å². The molecule has 1 saturated carbocycles. The highest BCUT2D eigenvalue weighted by molar-refractivity contribution is 6.00. The molecule has 2 aliphatic rings. The van der Waals surface area contributed by atoms with Crippen molar-refractivity contribution in [1.82, 2.24) is 0 Å². The molecule has 0 spiro atoms. The molecule has 3 heteroatoms. The molecule has 3 unspecified atom stereocenters. The minimum absolute atomic E-state index is 0.0577. The van der Waals surface area contributed by atoms with Crippen LogP contribution in [0.3, 0.4) is 0 Å². The summed E-state index contributed by atoms with van der Waals surface area (Å²) >= 11 is 0. The predicted octanol–water partition coefficient (Wildman–Crippen LogP) is 4.00. The first-order valence-corrected chi connectivity index (χ1v) is 7.92. The standard InChI is InChI=1S/C19H26O3/c1-7-9-13-12(4)15(10-14(13)20)22-18(21)17-16(11(3)8-2)19(17,5)6/h7-8,15-17H,1,9-10H2,2-6H3. The fourth-order valence-corrected chi connectivity index (χ4v) is 3.73. The average Bonchev–Trinajstić information content (AvgIpc) is 2.95. The minimum Gasteiger partial charge on any atom is -0.457 e. The van der Waals surface area contributed by atoms with E-state index < -0.39 is 6.10 Å². The SMILES string of the molecule is C=CCC1=C(C)C(OC(=O)C2C(C(C)=CC)C2(C)C)CC1=O. The van der Waals surface area contributed by atoms with Crippen LogP contribution in [0.4, 0.5) is 0 Å². The molecule has 0 N–H and O–H groups in total. The molecule has 1 fully saturated rings. The number of rotatable bonds is 5. The Bertz CT molecular complexity index is 577. The zero-order chi connectivity index (χ0) is 16.7. The molecule has 0 radical (unpaired) electrons. The van der Waals surface area contributed by atoms with Gasteiger partial charge in [0.1, 0.15) is 6.10 Å². The first kappa shape index (κ1) is 16.7. The van der Waals surface area contributed by atoms with Gasteiger partial charge in [-0.15, -0.1) is 6.58 Å². The second kappa shape index (κ2) is 5.86. The summed E-state index contributed by atoms with van der Waals surface area (Å²) < 4.78 is 5.68. The van der Waals surface area contributed by atoms with Crippen molar-refractivity contribution in [1.29, 1.82) is 0 Å². The summed E-state index contributed by atoms with van der Waals surface area (Å²) in [4.78, 5) is 24.5. The van der Waals surface area contributed by atoms with Crippen LogP contribution in [0.2, 0.25) is 0 Å². The van der Waals surface area contributed by atoms with Crippen LogP contribution in [0.1, 0.15) is 47.5 Å². The second-order valence-electron chi connectivity index (χ2n) is 7.02. The molecule has 2 aliphatic carbocycles. The van der Waals surface area contributed by atoms with E-state index in [0.29, 0.717) is 6.42 Å². The van der Waals surface area contributed by atoms with E-state index in [1.165, 1.54) is 5.57 Å². The highest BCUT2D eigenvalue weighted by atomic mass is 16.5. The van der Waals surface area contributed by atoms with Gasteiger partial charge in [0.15, 0.2) is 5.78 Å². The number of ketones is 1. The van der Waals surface area contributed by atoms with E-state index in [9.17, 15) is 9.59 Å². The van der Waals surface area contributed by atoms with E-state index >= 15 is 0 Å². The van der Waals surface area contributed by atoms with Gasteiger partial charge in [-0.25, -0.2) is 0 Å². The quantitative estimate of drug-likeness (QED) is 0.569. The van der Waals surface area contributed by atoms with E-state index in [-0.39, 0.29) is 35.4 Å². The summed E-state index contributed by atoms with van der Waals surface area (Å²) in [6.07, 6.45) is 4.22. The summed E-state index contributed by atoms with van der Waals surface area (Å²) in [5.74, 6) is 0.0498. The van der Waals surface area contributed by atoms with Gasteiger partial charge in [-0.3, -0.25) is 9.59 Å². The zero-order valence-corrected chi connectivity index (χ0v) is 14.2. The molecule has 22 heavy (non-hydrogen) atoms. The van der Waals surface area contributed by atoms with Crippen LogP contribution in [0.5, 0.6) is 0 Å². The molecule has 0 amide bonds. The van der Waals surface area contributed by atoms with Crippen molar-refractivity contribution in [3.8, 4) is 0 Å². The molecular weight excluding hydrogens is 276 g/mol. The molecule has 0 saturated heterocycles. The zero-order valence-electron chi connectivity index (χ0n) is 14.2. The lowest BCUT2D eigenvalue weighted by Gasteiger charge is -2.13. The lowest BCUT2D eigenvalue weighted by Crippen LogP contribution is -2.20. The van der Waals surface area contributed by atoms with Crippen molar-refractivity contribution in [2.45, 2.75) is 53.6 Å². The normalized spacial score (nSPS) is 30.5. The average molecular weight is 302 g/mol. The van der Waals surface area contributed by atoms with Gasteiger partial charge in [0, 0.05) is 5.57 Å². The van der Waals surface area contributed by atoms with E-state index in [0.717, 1.165) is 11.1 Å². The lowest BCUT2D eigenvalue weighted by molar-refractivity contribution is -0.150. The highest BCUT2D eigenvalue weighted by Crippen LogP contribution is 2.62. The molecule has 2 rings (SSSR count). The third-order valence-corrected chi connectivity index (χ3v) is 5.30. The Morgan fingerprint density at radius 2 is 2.05 bits per heavy atom. The van der Waals surface area contributed by atoms with Gasteiger partial charge in [0.2, 0.25) is 0 Å². The third-order valence-electron chi connectivity index (χ3n) is 5.30. The summed E-state index contributed by atoms with van der Waals surface area (Å²) in [5, 5.41) is 0. The molecular formula is C19H26O3. The Balaban J connectivity index is 2.08. The number of allylic oxidation sites excluding steroid dienone is 4. The molecule has 0 aromatic carbocycles. The first-order chi connectivity index (χ1) is 10.3. The lowest BCUT2D eigenvalue weighted by atomic mass is 10.0. The van der Waals surface area contributed by atoms with Crippen molar-refractivity contribution in [2.75, 3.05) is 0 Å². The maximum atomic E-state index is 12.5. The van der Waals surface area contributed by atoms with Crippen LogP contribution in [0, 0.1) is 17.3 Å². The van der Waals surface area contributed by atoms with Crippen molar-refractivity contribution in [3.05, 3.63) is 35.5 Å². The molecule has 3 nitrogen and oxygen atoms in total. The molecule has 0 aromatic heterocycles. The van der Waals surface area contributed by atoms with E-state index in [1.807, 2.05) is 13.8 Å². The third kappa shape index (κ3) is 2.69. The molecule has 0 bridgehead atoms. The first-order valence-electron chi connectivity index (χ1n) is 7.92. The smallest absolute Gasteiger partial charge is 0.310 e. The van der Waals surface area contributed by atoms with Crippen molar-refractivity contribution in [3.63, 3.8) is 0 Å². The number of ether oxygens (including phenoxy) is 1. The van der Waals surface area contributed by atoms with Crippen LogP contribution in [0.15, 0.2) is 35.5 Å². The Morgan fingerprint density at radius 3 is 2.59 bits per heavy atom. The summed E-state index contributed by atoms with van der Waals surface area (Å²) in [6.45, 7) is 13.8. The van der Waals surface area contributed by atoms with Gasteiger partial charge in [-0.2, -0.15) is 0 Å². The van der Waals surface area contributed by atoms with Gasteiger partial charge in [0.05, 0.1) is 12.3 Å². The summed E-state index contributed by atoms with van der Waals surface area (Å²) in [6, 6.07) is 0. The Hall–Kier alpha value is -1.64. The van der Waals surface area contributed by atoms with Crippen molar-refractivity contribution < 1.29 is 14.3 Å². The predicted molar refractivity (Wildman–Crippen MR) is 87.2 cm³/mol. The van der Waals surface area contributed by atoms with E-state index in [1.54, 1.807) is 6.08 Å². The maximum Gasteiger partial charge on any atom is 0.310 e. The molecule has 120 valence electrons. The number of carbonyl (C=O) groups is 2. The van der Waals surface area contributed by atoms with Crippen LogP contribution in [-0.2, 0) is 14.3 Å². The Kier molecular flexibility index (Phi) is 4.46.